The van der Waals surface area contributed by atoms with Crippen molar-refractivity contribution in [1.82, 2.24) is 5.32 Å². The molecule has 3 N–H and O–H groups in total. The van der Waals surface area contributed by atoms with Crippen LogP contribution in [0.5, 0.6) is 5.75 Å². The first-order valence-electron chi connectivity index (χ1n) is 11.3. The minimum absolute atomic E-state index is 0.00709. The molecule has 0 atom stereocenters. The van der Waals surface area contributed by atoms with Crippen molar-refractivity contribution >= 4 is 55.6 Å². The van der Waals surface area contributed by atoms with Crippen molar-refractivity contribution in [3.05, 3.63) is 71.0 Å². The Morgan fingerprint density at radius 3 is 2.39 bits per heavy atom. The first-order chi connectivity index (χ1) is 18.1. The van der Waals surface area contributed by atoms with E-state index in [0.29, 0.717) is 22.3 Å². The third-order valence-corrected chi connectivity index (χ3v) is 7.24. The average Bonchev–Trinajstić information content (AvgIpc) is 3.26. The maximum atomic E-state index is 13.5. The molecule has 0 aliphatic heterocycles. The van der Waals surface area contributed by atoms with E-state index in [4.69, 9.17) is 20.8 Å². The summed E-state index contributed by atoms with van der Waals surface area (Å²) >= 11 is 5.86. The summed E-state index contributed by atoms with van der Waals surface area (Å²) < 4.78 is 50.8. The summed E-state index contributed by atoms with van der Waals surface area (Å²) in [6.45, 7) is -0.601. The zero-order valence-electron chi connectivity index (χ0n) is 20.7. The van der Waals surface area contributed by atoms with E-state index in [2.05, 4.69) is 10.6 Å². The Morgan fingerprint density at radius 2 is 1.82 bits per heavy atom. The zero-order valence-corrected chi connectivity index (χ0v) is 22.3. The van der Waals surface area contributed by atoms with Crippen LogP contribution in [0.3, 0.4) is 0 Å². The van der Waals surface area contributed by atoms with E-state index in [1.54, 1.807) is 30.3 Å². The van der Waals surface area contributed by atoms with Gasteiger partial charge in [-0.2, -0.15) is 0 Å². The van der Waals surface area contributed by atoms with Gasteiger partial charge in [0.25, 0.3) is 5.91 Å². The highest BCUT2D eigenvalue weighted by molar-refractivity contribution is 7.92. The first-order valence-corrected chi connectivity index (χ1v) is 13.6. The number of benzene rings is 3. The van der Waals surface area contributed by atoms with Gasteiger partial charge in [-0.25, -0.2) is 12.8 Å². The summed E-state index contributed by atoms with van der Waals surface area (Å²) in [5.41, 5.74) is 2.52. The number of aliphatic hydroxyl groups is 1. The lowest BCUT2D eigenvalue weighted by atomic mass is 10.0. The summed E-state index contributed by atoms with van der Waals surface area (Å²) in [5.74, 6) is -0.476. The monoisotopic (exact) mass is 561 g/mol. The largest absolute Gasteiger partial charge is 0.495 e. The Labute approximate surface area is 223 Å². The van der Waals surface area contributed by atoms with Gasteiger partial charge in [0.05, 0.1) is 42.8 Å². The number of ether oxygens (including phenoxy) is 1. The van der Waals surface area contributed by atoms with Crippen LogP contribution in [-0.2, 0) is 10.0 Å². The molecule has 1 heterocycles. The van der Waals surface area contributed by atoms with E-state index in [9.17, 15) is 22.7 Å². The molecule has 1 amide bonds. The normalized spacial score (nSPS) is 11.4. The van der Waals surface area contributed by atoms with E-state index in [0.717, 1.165) is 10.6 Å². The molecule has 0 saturated carbocycles. The van der Waals surface area contributed by atoms with Crippen molar-refractivity contribution in [2.75, 3.05) is 43.2 Å². The van der Waals surface area contributed by atoms with Crippen LogP contribution in [0.4, 0.5) is 21.5 Å². The number of anilines is 3. The van der Waals surface area contributed by atoms with Crippen LogP contribution in [0.15, 0.2) is 59.0 Å². The van der Waals surface area contributed by atoms with Crippen molar-refractivity contribution in [2.24, 2.45) is 0 Å². The van der Waals surface area contributed by atoms with Crippen LogP contribution in [0.25, 0.3) is 22.3 Å². The van der Waals surface area contributed by atoms with Gasteiger partial charge in [0.15, 0.2) is 0 Å². The van der Waals surface area contributed by atoms with Gasteiger partial charge in [-0.1, -0.05) is 11.6 Å². The molecule has 0 bridgehead atoms. The second kappa shape index (κ2) is 10.9. The number of aliphatic hydroxyl groups excluding tert-OH is 1. The van der Waals surface area contributed by atoms with Crippen molar-refractivity contribution < 1.29 is 31.9 Å². The lowest BCUT2D eigenvalue weighted by Crippen LogP contribution is -2.32. The van der Waals surface area contributed by atoms with Gasteiger partial charge in [0, 0.05) is 35.4 Å². The van der Waals surface area contributed by atoms with Gasteiger partial charge < -0.3 is 24.9 Å². The molecular formula is C26H25ClFN3O6S. The number of halogens is 2. The summed E-state index contributed by atoms with van der Waals surface area (Å²) in [6.07, 6.45) is 1.02. The number of fused-ring (bicyclic) bond motifs is 1. The number of methoxy groups -OCH3 is 1. The highest BCUT2D eigenvalue weighted by Crippen LogP contribution is 2.41. The van der Waals surface area contributed by atoms with Gasteiger partial charge >= 0.3 is 0 Å². The lowest BCUT2D eigenvalue weighted by molar-refractivity contribution is 0.0964. The quantitative estimate of drug-likeness (QED) is 0.269. The van der Waals surface area contributed by atoms with Crippen molar-refractivity contribution in [3.8, 4) is 17.1 Å². The Kier molecular flexibility index (Phi) is 7.81. The number of rotatable bonds is 9. The predicted octanol–water partition coefficient (Wildman–Crippen LogP) is 4.76. The Bertz CT molecular complexity index is 1610. The van der Waals surface area contributed by atoms with Gasteiger partial charge in [-0.3, -0.25) is 9.10 Å². The fourth-order valence-electron chi connectivity index (χ4n) is 4.03. The van der Waals surface area contributed by atoms with E-state index in [-0.39, 0.29) is 39.9 Å². The standard InChI is InChI=1S/C26H25ClFN3O6S/c1-29-26(33)24-18-13-23(36-2)21(31(10-11-32)38(3,34)35)14-22(18)37-25(24)15-4-6-16(7-5-15)30-17-8-9-20(28)19(27)12-17/h4-9,12-14,30,32H,10-11H2,1-3H3,(H,29,33). The van der Waals surface area contributed by atoms with Gasteiger partial charge in [0.1, 0.15) is 22.9 Å². The predicted molar refractivity (Wildman–Crippen MR) is 146 cm³/mol. The maximum Gasteiger partial charge on any atom is 0.255 e. The average molecular weight is 562 g/mol. The molecule has 0 spiro atoms. The first kappa shape index (κ1) is 27.2. The van der Waals surface area contributed by atoms with Crippen molar-refractivity contribution in [1.29, 1.82) is 0 Å². The molecule has 200 valence electrons. The molecule has 0 aliphatic rings. The minimum atomic E-state index is -3.76. The molecule has 38 heavy (non-hydrogen) atoms. The van der Waals surface area contributed by atoms with E-state index in [1.807, 2.05) is 0 Å². The van der Waals surface area contributed by atoms with Crippen LogP contribution in [-0.4, -0.2) is 53.0 Å². The topological polar surface area (TPSA) is 121 Å². The molecule has 0 saturated heterocycles. The Hall–Kier alpha value is -3.80. The molecule has 0 unspecified atom stereocenters. The molecule has 1 aromatic heterocycles. The maximum absolute atomic E-state index is 13.5. The van der Waals surface area contributed by atoms with Crippen molar-refractivity contribution in [3.63, 3.8) is 0 Å². The summed E-state index contributed by atoms with van der Waals surface area (Å²) in [6, 6.07) is 14.3. The number of nitrogens with zero attached hydrogens (tertiary/aromatic N) is 1. The number of nitrogens with one attached hydrogen (secondary N) is 2. The number of sulfonamides is 1. The summed E-state index contributed by atoms with van der Waals surface area (Å²) in [7, 11) is -0.888. The Balaban J connectivity index is 1.81. The fourth-order valence-corrected chi connectivity index (χ4v) is 5.12. The molecule has 3 aromatic carbocycles. The van der Waals surface area contributed by atoms with Crippen molar-refractivity contribution in [2.45, 2.75) is 0 Å². The second-order valence-electron chi connectivity index (χ2n) is 8.30. The minimum Gasteiger partial charge on any atom is -0.495 e. The third kappa shape index (κ3) is 5.40. The smallest absolute Gasteiger partial charge is 0.255 e. The van der Waals surface area contributed by atoms with Crippen LogP contribution in [0.1, 0.15) is 10.4 Å². The van der Waals surface area contributed by atoms with Gasteiger partial charge in [-0.15, -0.1) is 0 Å². The molecule has 0 fully saturated rings. The number of carbonyl (C=O) groups is 1. The number of amides is 1. The van der Waals surface area contributed by atoms with Crippen LogP contribution in [0.2, 0.25) is 5.02 Å². The Morgan fingerprint density at radius 1 is 1.13 bits per heavy atom. The SMILES string of the molecule is CNC(=O)c1c(-c2ccc(Nc3ccc(F)c(Cl)c3)cc2)oc2cc(N(CCO)S(C)(=O)=O)c(OC)cc12. The third-order valence-electron chi connectivity index (χ3n) is 5.77. The zero-order chi connectivity index (χ0) is 27.6. The molecule has 4 aromatic rings. The number of carbonyl (C=O) groups excluding carboxylic acids is 1. The van der Waals surface area contributed by atoms with Gasteiger partial charge in [-0.05, 0) is 48.5 Å². The number of hydrogen-bond donors (Lipinski definition) is 3. The van der Waals surface area contributed by atoms with Crippen LogP contribution >= 0.6 is 11.6 Å². The second-order valence-corrected chi connectivity index (χ2v) is 10.6. The highest BCUT2D eigenvalue weighted by Gasteiger charge is 2.27. The fraction of sp³-hybridized carbons (Fsp3) is 0.192. The van der Waals surface area contributed by atoms with Crippen LogP contribution < -0.4 is 19.7 Å². The van der Waals surface area contributed by atoms with E-state index >= 15 is 0 Å². The summed E-state index contributed by atoms with van der Waals surface area (Å²) in [4.78, 5) is 12.9. The molecule has 4 rings (SSSR count). The van der Waals surface area contributed by atoms with E-state index in [1.165, 1.54) is 38.4 Å². The molecule has 0 radical (unpaired) electrons. The lowest BCUT2D eigenvalue weighted by Gasteiger charge is -2.23. The molecule has 12 heteroatoms. The number of hydrogen-bond acceptors (Lipinski definition) is 7. The highest BCUT2D eigenvalue weighted by atomic mass is 35.5. The molecule has 9 nitrogen and oxygen atoms in total. The van der Waals surface area contributed by atoms with E-state index < -0.39 is 28.4 Å². The van der Waals surface area contributed by atoms with Gasteiger partial charge in [0.2, 0.25) is 10.0 Å². The summed E-state index contributed by atoms with van der Waals surface area (Å²) in [5, 5.41) is 15.6. The molecular weight excluding hydrogens is 537 g/mol. The van der Waals surface area contributed by atoms with Crippen LogP contribution in [0, 0.1) is 5.82 Å². The number of furan rings is 1. The molecule has 0 aliphatic carbocycles.